The minimum atomic E-state index is -0.316. The fourth-order valence-electron chi connectivity index (χ4n) is 4.28. The van der Waals surface area contributed by atoms with Crippen LogP contribution in [0, 0.1) is 12.3 Å². The number of amides is 2. The molecule has 2 fully saturated rings. The van der Waals surface area contributed by atoms with Gasteiger partial charge in [-0.05, 0) is 26.2 Å². The molecule has 0 bridgehead atoms. The first-order valence-corrected chi connectivity index (χ1v) is 9.56. The van der Waals surface area contributed by atoms with E-state index in [-0.39, 0.29) is 28.5 Å². The number of carbonyl (C=O) groups is 2. The van der Waals surface area contributed by atoms with Crippen LogP contribution in [0.25, 0.3) is 0 Å². The van der Waals surface area contributed by atoms with Crippen LogP contribution in [0.5, 0.6) is 0 Å². The second-order valence-corrected chi connectivity index (χ2v) is 7.90. The van der Waals surface area contributed by atoms with Crippen molar-refractivity contribution in [3.8, 4) is 0 Å². The van der Waals surface area contributed by atoms with Gasteiger partial charge in [0.1, 0.15) is 5.69 Å². The number of carbonyl (C=O) groups excluding carboxylic acids is 2. The fraction of sp³-hybridized carbons (Fsp3) is 0.526. The molecule has 0 saturated carbocycles. The number of aromatic nitrogens is 4. The molecule has 2 aromatic rings. The molecule has 28 heavy (non-hydrogen) atoms. The predicted octanol–water partition coefficient (Wildman–Crippen LogP) is 0.846. The molecular formula is C19H24N6O3. The Hall–Kier alpha value is -2.97. The lowest BCUT2D eigenvalue weighted by Crippen LogP contribution is -2.54. The number of hydrogen-bond donors (Lipinski definition) is 2. The van der Waals surface area contributed by atoms with Gasteiger partial charge in [0.15, 0.2) is 0 Å². The normalized spacial score (nSPS) is 22.7. The van der Waals surface area contributed by atoms with Gasteiger partial charge in [-0.2, -0.15) is 0 Å². The molecular weight excluding hydrogens is 360 g/mol. The molecule has 2 N–H and O–H groups in total. The van der Waals surface area contributed by atoms with E-state index in [4.69, 9.17) is 0 Å². The van der Waals surface area contributed by atoms with E-state index in [1.165, 1.54) is 6.07 Å². The van der Waals surface area contributed by atoms with E-state index in [1.807, 2.05) is 11.8 Å². The van der Waals surface area contributed by atoms with E-state index in [0.717, 1.165) is 30.7 Å². The highest BCUT2D eigenvalue weighted by atomic mass is 16.2. The van der Waals surface area contributed by atoms with Gasteiger partial charge in [0.2, 0.25) is 5.91 Å². The third-order valence-corrected chi connectivity index (χ3v) is 5.71. The quantitative estimate of drug-likeness (QED) is 0.814. The molecule has 0 aliphatic carbocycles. The largest absolute Gasteiger partial charge is 0.337 e. The Kier molecular flexibility index (Phi) is 4.74. The first-order valence-electron chi connectivity index (χ1n) is 9.56. The Bertz CT molecular complexity index is 934. The summed E-state index contributed by atoms with van der Waals surface area (Å²) in [5.74, 6) is -0.0586. The molecule has 1 spiro atoms. The lowest BCUT2D eigenvalue weighted by Gasteiger charge is -2.48. The van der Waals surface area contributed by atoms with Crippen LogP contribution in [0.15, 0.2) is 23.3 Å². The molecule has 2 aromatic heterocycles. The maximum Gasteiger partial charge on any atom is 0.271 e. The highest BCUT2D eigenvalue weighted by Gasteiger charge is 2.43. The number of piperidine rings is 2. The van der Waals surface area contributed by atoms with Gasteiger partial charge >= 0.3 is 0 Å². The number of aromatic amines is 2. The summed E-state index contributed by atoms with van der Waals surface area (Å²) in [7, 11) is 0. The molecule has 2 saturated heterocycles. The van der Waals surface area contributed by atoms with Gasteiger partial charge in [0.25, 0.3) is 11.5 Å². The molecule has 9 heteroatoms. The van der Waals surface area contributed by atoms with E-state index in [2.05, 4.69) is 20.2 Å². The van der Waals surface area contributed by atoms with Crippen LogP contribution in [-0.2, 0) is 11.3 Å². The number of nitrogens with one attached hydrogen (secondary N) is 2. The zero-order chi connectivity index (χ0) is 19.7. The molecule has 2 aliphatic heterocycles. The van der Waals surface area contributed by atoms with Crippen LogP contribution >= 0.6 is 0 Å². The second kappa shape index (κ2) is 7.21. The predicted molar refractivity (Wildman–Crippen MR) is 100 cm³/mol. The average Bonchev–Trinajstić information content (AvgIpc) is 3.13. The van der Waals surface area contributed by atoms with E-state index >= 15 is 0 Å². The second-order valence-electron chi connectivity index (χ2n) is 7.90. The number of likely N-dealkylation sites (tertiary alicyclic amines) is 2. The Morgan fingerprint density at radius 3 is 2.75 bits per heavy atom. The summed E-state index contributed by atoms with van der Waals surface area (Å²) in [6.07, 6.45) is 6.52. The van der Waals surface area contributed by atoms with Crippen molar-refractivity contribution in [3.63, 3.8) is 0 Å². The molecule has 1 atom stereocenters. The third kappa shape index (κ3) is 3.69. The summed E-state index contributed by atoms with van der Waals surface area (Å²) in [6.45, 7) is 4.17. The maximum absolute atomic E-state index is 12.7. The fourth-order valence-corrected chi connectivity index (χ4v) is 4.28. The van der Waals surface area contributed by atoms with Gasteiger partial charge in [0, 0.05) is 43.7 Å². The van der Waals surface area contributed by atoms with Gasteiger partial charge in [-0.15, -0.1) is 0 Å². The molecule has 0 radical (unpaired) electrons. The summed E-state index contributed by atoms with van der Waals surface area (Å²) < 4.78 is 0. The van der Waals surface area contributed by atoms with Crippen molar-refractivity contribution in [1.82, 2.24) is 30.0 Å². The summed E-state index contributed by atoms with van der Waals surface area (Å²) in [6, 6.07) is 1.29. The van der Waals surface area contributed by atoms with Crippen LogP contribution in [0.4, 0.5) is 0 Å². The smallest absolute Gasteiger partial charge is 0.271 e. The van der Waals surface area contributed by atoms with Crippen LogP contribution in [0.1, 0.15) is 47.6 Å². The van der Waals surface area contributed by atoms with Crippen molar-refractivity contribution in [2.24, 2.45) is 5.41 Å². The summed E-state index contributed by atoms with van der Waals surface area (Å²) in [4.78, 5) is 48.8. The molecule has 2 amide bonds. The van der Waals surface area contributed by atoms with E-state index in [1.54, 1.807) is 17.3 Å². The van der Waals surface area contributed by atoms with E-state index in [9.17, 15) is 14.4 Å². The molecule has 4 heterocycles. The first kappa shape index (κ1) is 18.4. The Labute approximate surface area is 162 Å². The van der Waals surface area contributed by atoms with Gasteiger partial charge in [-0.3, -0.25) is 34.5 Å². The topological polar surface area (TPSA) is 115 Å². The summed E-state index contributed by atoms with van der Waals surface area (Å²) in [5, 5.41) is 5.05. The molecule has 9 nitrogen and oxygen atoms in total. The molecule has 4 rings (SSSR count). The highest BCUT2D eigenvalue weighted by molar-refractivity contribution is 5.92. The summed E-state index contributed by atoms with van der Waals surface area (Å²) in [5.41, 5.74) is 1.46. The Morgan fingerprint density at radius 1 is 1.18 bits per heavy atom. The van der Waals surface area contributed by atoms with Crippen molar-refractivity contribution in [1.29, 1.82) is 0 Å². The van der Waals surface area contributed by atoms with E-state index in [0.29, 0.717) is 32.6 Å². The minimum absolute atomic E-state index is 0.115. The number of hydrogen-bond acceptors (Lipinski definition) is 5. The van der Waals surface area contributed by atoms with Crippen molar-refractivity contribution in [3.05, 3.63) is 45.9 Å². The van der Waals surface area contributed by atoms with Crippen LogP contribution in [0.3, 0.4) is 0 Å². The number of aryl methyl sites for hydroxylation is 1. The number of nitrogens with zero attached hydrogens (tertiary/aromatic N) is 4. The lowest BCUT2D eigenvalue weighted by molar-refractivity contribution is -0.139. The Balaban J connectivity index is 1.48. The van der Waals surface area contributed by atoms with Crippen LogP contribution in [0.2, 0.25) is 0 Å². The standard InChI is InChI=1S/C19H24N6O3/c1-13-8-21-14(9-20-13)10-25-12-19(5-3-17(25)27)4-2-6-24(11-19)18(28)15-7-16(26)23-22-15/h7-9H,2-6,10-12H2,1H3,(H2,22,23,26)/t19-/m1/s1. The highest BCUT2D eigenvalue weighted by Crippen LogP contribution is 2.39. The van der Waals surface area contributed by atoms with Crippen molar-refractivity contribution < 1.29 is 9.59 Å². The van der Waals surface area contributed by atoms with Gasteiger partial charge < -0.3 is 9.80 Å². The first-order chi connectivity index (χ1) is 13.4. The zero-order valence-corrected chi connectivity index (χ0v) is 15.9. The average molecular weight is 384 g/mol. The molecule has 0 unspecified atom stereocenters. The Morgan fingerprint density at radius 2 is 2.04 bits per heavy atom. The van der Waals surface area contributed by atoms with Crippen molar-refractivity contribution >= 4 is 11.8 Å². The van der Waals surface area contributed by atoms with Gasteiger partial charge in [-0.25, -0.2) is 0 Å². The third-order valence-electron chi connectivity index (χ3n) is 5.71. The van der Waals surface area contributed by atoms with E-state index < -0.39 is 0 Å². The molecule has 0 aromatic carbocycles. The van der Waals surface area contributed by atoms with Crippen molar-refractivity contribution in [2.75, 3.05) is 19.6 Å². The maximum atomic E-state index is 12.7. The van der Waals surface area contributed by atoms with Gasteiger partial charge in [0.05, 0.1) is 24.1 Å². The lowest BCUT2D eigenvalue weighted by atomic mass is 9.73. The monoisotopic (exact) mass is 384 g/mol. The number of H-pyrrole nitrogens is 2. The summed E-state index contributed by atoms with van der Waals surface area (Å²) >= 11 is 0. The SMILES string of the molecule is Cc1cnc(CN2C[C@]3(CCCN(C(=O)c4cc(=O)[nH][nH]4)C3)CCC2=O)cn1. The van der Waals surface area contributed by atoms with Gasteiger partial charge in [-0.1, -0.05) is 0 Å². The molecule has 148 valence electrons. The number of rotatable bonds is 3. The van der Waals surface area contributed by atoms with Crippen LogP contribution in [-0.4, -0.2) is 61.4 Å². The van der Waals surface area contributed by atoms with Crippen molar-refractivity contribution in [2.45, 2.75) is 39.2 Å². The molecule has 2 aliphatic rings. The zero-order valence-electron chi connectivity index (χ0n) is 15.9. The van der Waals surface area contributed by atoms with Crippen LogP contribution < -0.4 is 5.56 Å². The minimum Gasteiger partial charge on any atom is -0.337 e.